The fourth-order valence-electron chi connectivity index (χ4n) is 0.766. The zero-order valence-corrected chi connectivity index (χ0v) is 9.78. The summed E-state index contributed by atoms with van der Waals surface area (Å²) in [5.41, 5.74) is 0. The SMILES string of the molecule is COC(=O)C(OC(C)=O)P(=O)(OC)OC. The van der Waals surface area contributed by atoms with Crippen LogP contribution in [0.4, 0.5) is 0 Å². The molecule has 0 aromatic rings. The van der Waals surface area contributed by atoms with Crippen LogP contribution in [-0.4, -0.2) is 39.1 Å². The van der Waals surface area contributed by atoms with Crippen molar-refractivity contribution in [2.24, 2.45) is 0 Å². The zero-order chi connectivity index (χ0) is 12.1. The summed E-state index contributed by atoms with van der Waals surface area (Å²) >= 11 is 0. The second kappa shape index (κ2) is 5.85. The Morgan fingerprint density at radius 3 is 1.87 bits per heavy atom. The fraction of sp³-hybridized carbons (Fsp3) is 0.714. The maximum atomic E-state index is 11.8. The molecule has 0 heterocycles. The minimum Gasteiger partial charge on any atom is -0.466 e. The van der Waals surface area contributed by atoms with Gasteiger partial charge in [0.15, 0.2) is 0 Å². The van der Waals surface area contributed by atoms with E-state index in [1.54, 1.807) is 0 Å². The van der Waals surface area contributed by atoms with Gasteiger partial charge in [0.2, 0.25) is 0 Å². The van der Waals surface area contributed by atoms with E-state index in [2.05, 4.69) is 18.5 Å². The molecule has 0 aromatic heterocycles. The van der Waals surface area contributed by atoms with Crippen molar-refractivity contribution in [1.82, 2.24) is 0 Å². The lowest BCUT2D eigenvalue weighted by Gasteiger charge is -2.21. The molecule has 1 unspecified atom stereocenters. The Kier molecular flexibility index (Phi) is 5.49. The second-order valence-corrected chi connectivity index (χ2v) is 4.67. The summed E-state index contributed by atoms with van der Waals surface area (Å²) in [4.78, 5) is 21.9. The first kappa shape index (κ1) is 14.1. The summed E-state index contributed by atoms with van der Waals surface area (Å²) in [6, 6.07) is 0. The summed E-state index contributed by atoms with van der Waals surface area (Å²) in [6.07, 6.45) is 0. The lowest BCUT2D eigenvalue weighted by atomic mass is 10.7. The Hall–Kier alpha value is -0.910. The number of rotatable bonds is 5. The van der Waals surface area contributed by atoms with Gasteiger partial charge in [-0.1, -0.05) is 0 Å². The van der Waals surface area contributed by atoms with Gasteiger partial charge in [0, 0.05) is 21.1 Å². The van der Waals surface area contributed by atoms with E-state index in [4.69, 9.17) is 0 Å². The molecule has 0 amide bonds. The molecule has 0 rings (SSSR count). The molecule has 7 nitrogen and oxygen atoms in total. The lowest BCUT2D eigenvalue weighted by Crippen LogP contribution is -2.28. The number of hydrogen-bond donors (Lipinski definition) is 0. The first-order valence-corrected chi connectivity index (χ1v) is 5.48. The molecule has 0 aliphatic rings. The Balaban J connectivity index is 4.99. The minimum atomic E-state index is -3.84. The van der Waals surface area contributed by atoms with E-state index in [0.29, 0.717) is 0 Å². The molecular weight excluding hydrogens is 227 g/mol. The van der Waals surface area contributed by atoms with Crippen LogP contribution in [0.2, 0.25) is 0 Å². The van der Waals surface area contributed by atoms with E-state index in [1.807, 2.05) is 0 Å². The predicted octanol–water partition coefficient (Wildman–Crippen LogP) is 0.534. The van der Waals surface area contributed by atoms with Crippen molar-refractivity contribution in [2.45, 2.75) is 12.8 Å². The molecule has 0 aliphatic carbocycles. The number of ether oxygens (including phenoxy) is 2. The van der Waals surface area contributed by atoms with Crippen molar-refractivity contribution in [2.75, 3.05) is 21.3 Å². The summed E-state index contributed by atoms with van der Waals surface area (Å²) < 4.78 is 29.7. The van der Waals surface area contributed by atoms with E-state index in [0.717, 1.165) is 28.3 Å². The van der Waals surface area contributed by atoms with Gasteiger partial charge in [-0.2, -0.15) is 0 Å². The van der Waals surface area contributed by atoms with Crippen molar-refractivity contribution in [3.63, 3.8) is 0 Å². The summed E-state index contributed by atoms with van der Waals surface area (Å²) in [7, 11) is -0.625. The van der Waals surface area contributed by atoms with Crippen molar-refractivity contribution < 1.29 is 32.7 Å². The van der Waals surface area contributed by atoms with Gasteiger partial charge in [0.1, 0.15) is 0 Å². The van der Waals surface area contributed by atoms with E-state index in [-0.39, 0.29) is 0 Å². The van der Waals surface area contributed by atoms with Crippen LogP contribution in [0.3, 0.4) is 0 Å². The van der Waals surface area contributed by atoms with Gasteiger partial charge in [-0.15, -0.1) is 0 Å². The van der Waals surface area contributed by atoms with Crippen LogP contribution in [0.25, 0.3) is 0 Å². The summed E-state index contributed by atoms with van der Waals surface area (Å²) in [5, 5.41) is 0. The molecule has 0 saturated heterocycles. The molecule has 0 saturated carbocycles. The average molecular weight is 240 g/mol. The smallest absolute Gasteiger partial charge is 0.382 e. The van der Waals surface area contributed by atoms with Crippen LogP contribution < -0.4 is 0 Å². The van der Waals surface area contributed by atoms with E-state index in [1.165, 1.54) is 0 Å². The Morgan fingerprint density at radius 2 is 1.60 bits per heavy atom. The monoisotopic (exact) mass is 240 g/mol. The van der Waals surface area contributed by atoms with Gasteiger partial charge in [-0.3, -0.25) is 9.36 Å². The molecule has 0 radical (unpaired) electrons. The molecule has 88 valence electrons. The van der Waals surface area contributed by atoms with Crippen molar-refractivity contribution in [3.8, 4) is 0 Å². The highest BCUT2D eigenvalue weighted by atomic mass is 31.2. The average Bonchev–Trinajstić information content (AvgIpc) is 2.23. The van der Waals surface area contributed by atoms with E-state index >= 15 is 0 Å². The molecule has 0 aromatic carbocycles. The molecule has 0 bridgehead atoms. The van der Waals surface area contributed by atoms with Gasteiger partial charge in [-0.25, -0.2) is 4.79 Å². The van der Waals surface area contributed by atoms with Crippen LogP contribution in [-0.2, 0) is 32.7 Å². The lowest BCUT2D eigenvalue weighted by molar-refractivity contribution is -0.160. The van der Waals surface area contributed by atoms with Crippen LogP contribution in [0.5, 0.6) is 0 Å². The van der Waals surface area contributed by atoms with E-state index in [9.17, 15) is 14.2 Å². The third-order valence-corrected chi connectivity index (χ3v) is 3.39. The summed E-state index contributed by atoms with van der Waals surface area (Å²) in [5.74, 6) is -3.49. The fourth-order valence-corrected chi connectivity index (χ4v) is 1.94. The van der Waals surface area contributed by atoms with Crippen LogP contribution in [0, 0.1) is 0 Å². The maximum absolute atomic E-state index is 11.8. The van der Waals surface area contributed by atoms with Crippen molar-refractivity contribution >= 4 is 19.5 Å². The Bertz CT molecular complexity index is 279. The highest BCUT2D eigenvalue weighted by Crippen LogP contribution is 2.52. The van der Waals surface area contributed by atoms with Gasteiger partial charge in [-0.05, 0) is 0 Å². The third kappa shape index (κ3) is 3.62. The highest BCUT2D eigenvalue weighted by molar-refractivity contribution is 7.55. The maximum Gasteiger partial charge on any atom is 0.382 e. The third-order valence-electron chi connectivity index (χ3n) is 1.48. The Labute approximate surface area is 87.2 Å². The molecule has 1 atom stereocenters. The van der Waals surface area contributed by atoms with Crippen LogP contribution in [0.15, 0.2) is 0 Å². The number of esters is 2. The first-order valence-electron chi connectivity index (χ1n) is 3.87. The second-order valence-electron chi connectivity index (χ2n) is 2.39. The highest BCUT2D eigenvalue weighted by Gasteiger charge is 2.44. The van der Waals surface area contributed by atoms with Gasteiger partial charge < -0.3 is 18.5 Å². The van der Waals surface area contributed by atoms with Gasteiger partial charge in [0.25, 0.3) is 5.85 Å². The molecule has 0 spiro atoms. The van der Waals surface area contributed by atoms with Gasteiger partial charge >= 0.3 is 19.5 Å². The normalized spacial score (nSPS) is 13.1. The quantitative estimate of drug-likeness (QED) is 0.511. The predicted molar refractivity (Wildman–Crippen MR) is 49.2 cm³/mol. The Morgan fingerprint density at radius 1 is 1.13 bits per heavy atom. The van der Waals surface area contributed by atoms with Gasteiger partial charge in [0.05, 0.1) is 7.11 Å². The molecule has 8 heteroatoms. The largest absolute Gasteiger partial charge is 0.466 e. The van der Waals surface area contributed by atoms with Crippen molar-refractivity contribution in [3.05, 3.63) is 0 Å². The molecular formula is C7H13O7P. The number of methoxy groups -OCH3 is 1. The number of hydrogen-bond acceptors (Lipinski definition) is 7. The summed E-state index contributed by atoms with van der Waals surface area (Å²) in [6.45, 7) is 1.06. The van der Waals surface area contributed by atoms with Crippen molar-refractivity contribution in [1.29, 1.82) is 0 Å². The number of carbonyl (C=O) groups is 2. The zero-order valence-electron chi connectivity index (χ0n) is 8.88. The molecule has 0 fully saturated rings. The van der Waals surface area contributed by atoms with Crippen LogP contribution >= 0.6 is 7.60 Å². The topological polar surface area (TPSA) is 88.1 Å². The number of carbonyl (C=O) groups excluding carboxylic acids is 2. The standard InChI is InChI=1S/C7H13O7P/c1-5(8)14-7(6(9)11-2)15(10,12-3)13-4/h7H,1-4H3. The molecule has 0 aliphatic heterocycles. The molecule has 0 N–H and O–H groups in total. The first-order chi connectivity index (χ1) is 6.91. The molecule has 15 heavy (non-hydrogen) atoms. The van der Waals surface area contributed by atoms with Crippen LogP contribution in [0.1, 0.15) is 6.92 Å². The minimum absolute atomic E-state index is 0.792. The van der Waals surface area contributed by atoms with E-state index < -0.39 is 25.4 Å².